The van der Waals surface area contributed by atoms with E-state index in [-0.39, 0.29) is 0 Å². The molecular formula is C26H34N4O. The van der Waals surface area contributed by atoms with Crippen LogP contribution in [-0.4, -0.2) is 61.2 Å². The fraction of sp³-hybridized carbons (Fsp3) is 0.423. The molecule has 5 heteroatoms. The molecule has 0 aliphatic carbocycles. The third-order valence-corrected chi connectivity index (χ3v) is 6.01. The van der Waals surface area contributed by atoms with Crippen molar-refractivity contribution in [1.82, 2.24) is 14.8 Å². The summed E-state index contributed by atoms with van der Waals surface area (Å²) in [5.74, 6) is 0.867. The molecule has 31 heavy (non-hydrogen) atoms. The van der Waals surface area contributed by atoms with Gasteiger partial charge in [0.05, 0.1) is 6.61 Å². The van der Waals surface area contributed by atoms with Gasteiger partial charge in [-0.25, -0.2) is 0 Å². The van der Waals surface area contributed by atoms with E-state index in [4.69, 9.17) is 4.74 Å². The number of aromatic nitrogens is 1. The lowest BCUT2D eigenvalue weighted by Crippen LogP contribution is -2.47. The molecule has 0 bridgehead atoms. The van der Waals surface area contributed by atoms with Crippen molar-refractivity contribution in [3.63, 3.8) is 0 Å². The summed E-state index contributed by atoms with van der Waals surface area (Å²) in [6.45, 7) is 8.20. The average molecular weight is 419 g/mol. The van der Waals surface area contributed by atoms with Gasteiger partial charge in [0, 0.05) is 56.0 Å². The maximum absolute atomic E-state index is 5.89. The second kappa shape index (κ2) is 10.6. The minimum Gasteiger partial charge on any atom is -0.491 e. The zero-order valence-corrected chi connectivity index (χ0v) is 18.8. The van der Waals surface area contributed by atoms with E-state index in [0.717, 1.165) is 67.9 Å². The summed E-state index contributed by atoms with van der Waals surface area (Å²) >= 11 is 0. The molecule has 2 heterocycles. The summed E-state index contributed by atoms with van der Waals surface area (Å²) in [6, 6.07) is 19.6. The number of hydrogen-bond acceptors (Lipinski definition) is 5. The average Bonchev–Trinajstić information content (AvgIpc) is 2.81. The Morgan fingerprint density at radius 2 is 1.94 bits per heavy atom. The van der Waals surface area contributed by atoms with Crippen LogP contribution in [0.5, 0.6) is 5.75 Å². The number of fused-ring (bicyclic) bond motifs is 1. The van der Waals surface area contributed by atoms with Crippen molar-refractivity contribution in [2.45, 2.75) is 25.8 Å². The first-order valence-corrected chi connectivity index (χ1v) is 11.5. The summed E-state index contributed by atoms with van der Waals surface area (Å²) < 4.78 is 5.89. The summed E-state index contributed by atoms with van der Waals surface area (Å²) in [4.78, 5) is 9.64. The number of benzene rings is 2. The normalized spacial score (nSPS) is 17.7. The molecule has 0 spiro atoms. The van der Waals surface area contributed by atoms with Crippen LogP contribution >= 0.6 is 0 Å². The first kappa shape index (κ1) is 21.6. The number of nitrogens with one attached hydrogen (secondary N) is 1. The van der Waals surface area contributed by atoms with Gasteiger partial charge in [-0.3, -0.25) is 9.88 Å². The van der Waals surface area contributed by atoms with Gasteiger partial charge in [-0.2, -0.15) is 0 Å². The zero-order chi connectivity index (χ0) is 21.5. The molecule has 1 aliphatic heterocycles. The van der Waals surface area contributed by atoms with Crippen LogP contribution in [0.25, 0.3) is 10.9 Å². The molecule has 1 atom stereocenters. The maximum atomic E-state index is 5.89. The monoisotopic (exact) mass is 418 g/mol. The van der Waals surface area contributed by atoms with Crippen LogP contribution in [0.2, 0.25) is 0 Å². The largest absolute Gasteiger partial charge is 0.491 e. The Labute approximate surface area is 186 Å². The third-order valence-electron chi connectivity index (χ3n) is 6.01. The first-order valence-electron chi connectivity index (χ1n) is 11.5. The fourth-order valence-corrected chi connectivity index (χ4v) is 4.35. The Kier molecular flexibility index (Phi) is 7.39. The molecule has 5 nitrogen and oxygen atoms in total. The van der Waals surface area contributed by atoms with Gasteiger partial charge in [-0.15, -0.1) is 0 Å². The highest BCUT2D eigenvalue weighted by Crippen LogP contribution is 2.29. The number of piperazine rings is 1. The van der Waals surface area contributed by atoms with E-state index in [9.17, 15) is 0 Å². The first-order chi connectivity index (χ1) is 15.3. The molecule has 164 valence electrons. The number of likely N-dealkylation sites (N-methyl/N-ethyl adjacent to an activating group) is 1. The van der Waals surface area contributed by atoms with Gasteiger partial charge in [0.2, 0.25) is 0 Å². The quantitative estimate of drug-likeness (QED) is 0.505. The highest BCUT2D eigenvalue weighted by atomic mass is 16.5. The van der Waals surface area contributed by atoms with Crippen LogP contribution in [0, 0.1) is 0 Å². The van der Waals surface area contributed by atoms with Crippen LogP contribution in [0.15, 0.2) is 60.8 Å². The Morgan fingerprint density at radius 3 is 2.77 bits per heavy atom. The highest BCUT2D eigenvalue weighted by molar-refractivity contribution is 5.94. The van der Waals surface area contributed by atoms with Gasteiger partial charge < -0.3 is 15.0 Å². The molecule has 0 saturated carbocycles. The molecule has 1 aliphatic rings. The number of hydrogen-bond donors (Lipinski definition) is 1. The minimum absolute atomic E-state index is 0.472. The zero-order valence-electron chi connectivity index (χ0n) is 18.8. The highest BCUT2D eigenvalue weighted by Gasteiger charge is 2.25. The fourth-order valence-electron chi connectivity index (χ4n) is 4.35. The minimum atomic E-state index is 0.472. The second-order valence-corrected chi connectivity index (χ2v) is 8.36. The smallest absolute Gasteiger partial charge is 0.145 e. The van der Waals surface area contributed by atoms with Gasteiger partial charge in [0.1, 0.15) is 11.3 Å². The molecule has 1 fully saturated rings. The van der Waals surface area contributed by atoms with Crippen molar-refractivity contribution in [2.24, 2.45) is 0 Å². The van der Waals surface area contributed by atoms with Crippen molar-refractivity contribution in [3.8, 4) is 5.75 Å². The van der Waals surface area contributed by atoms with Crippen molar-refractivity contribution in [1.29, 1.82) is 0 Å². The molecule has 1 unspecified atom stereocenters. The Hall–Kier alpha value is -2.63. The van der Waals surface area contributed by atoms with Crippen molar-refractivity contribution in [2.75, 3.05) is 51.7 Å². The molecule has 1 aromatic heterocycles. The molecule has 2 aromatic carbocycles. The summed E-state index contributed by atoms with van der Waals surface area (Å²) in [7, 11) is 2.22. The predicted molar refractivity (Wildman–Crippen MR) is 129 cm³/mol. The predicted octanol–water partition coefficient (Wildman–Crippen LogP) is 4.81. The SMILES string of the molecule is CCCOc1cccc2c(NCCCN3CCN(C)CC3c3ccccc3)ccnc12. The number of nitrogens with zero attached hydrogens (tertiary/aromatic N) is 3. The van der Waals surface area contributed by atoms with E-state index in [0.29, 0.717) is 12.6 Å². The Bertz CT molecular complexity index is 962. The van der Waals surface area contributed by atoms with E-state index in [1.807, 2.05) is 12.3 Å². The van der Waals surface area contributed by atoms with Gasteiger partial charge in [-0.1, -0.05) is 49.4 Å². The number of anilines is 1. The molecule has 1 N–H and O–H groups in total. The molecule has 1 saturated heterocycles. The van der Waals surface area contributed by atoms with Crippen molar-refractivity contribution >= 4 is 16.6 Å². The number of para-hydroxylation sites is 1. The van der Waals surface area contributed by atoms with E-state index in [2.05, 4.69) is 82.6 Å². The summed E-state index contributed by atoms with van der Waals surface area (Å²) in [5.41, 5.74) is 3.48. The number of pyridine rings is 1. The lowest BCUT2D eigenvalue weighted by Gasteiger charge is -2.40. The molecular weight excluding hydrogens is 384 g/mol. The van der Waals surface area contributed by atoms with Gasteiger partial charge >= 0.3 is 0 Å². The van der Waals surface area contributed by atoms with E-state index >= 15 is 0 Å². The van der Waals surface area contributed by atoms with Crippen LogP contribution in [-0.2, 0) is 0 Å². The lowest BCUT2D eigenvalue weighted by molar-refractivity contribution is 0.0897. The summed E-state index contributed by atoms with van der Waals surface area (Å²) in [5, 5.41) is 4.76. The van der Waals surface area contributed by atoms with Gasteiger partial charge in [0.25, 0.3) is 0 Å². The Morgan fingerprint density at radius 1 is 1.06 bits per heavy atom. The van der Waals surface area contributed by atoms with Crippen molar-refractivity contribution < 1.29 is 4.74 Å². The standard InChI is InChI=1S/C26H34N4O/c1-3-19-31-25-12-7-11-22-23(13-15-28-26(22)25)27-14-8-16-30-18-17-29(2)20-24(30)21-9-5-4-6-10-21/h4-7,9-13,15,24H,3,8,14,16-20H2,1-2H3,(H,27,28). The second-order valence-electron chi connectivity index (χ2n) is 8.36. The number of ether oxygens (including phenoxy) is 1. The Balaban J connectivity index is 1.37. The van der Waals surface area contributed by atoms with Crippen LogP contribution in [0.3, 0.4) is 0 Å². The van der Waals surface area contributed by atoms with Gasteiger partial charge in [0.15, 0.2) is 0 Å². The van der Waals surface area contributed by atoms with E-state index in [1.165, 1.54) is 5.56 Å². The molecule has 3 aromatic rings. The third kappa shape index (κ3) is 5.35. The summed E-state index contributed by atoms with van der Waals surface area (Å²) in [6.07, 6.45) is 3.96. The maximum Gasteiger partial charge on any atom is 0.145 e. The van der Waals surface area contributed by atoms with Crippen LogP contribution < -0.4 is 10.1 Å². The van der Waals surface area contributed by atoms with Gasteiger partial charge in [-0.05, 0) is 37.6 Å². The van der Waals surface area contributed by atoms with Crippen LogP contribution in [0.4, 0.5) is 5.69 Å². The van der Waals surface area contributed by atoms with E-state index < -0.39 is 0 Å². The van der Waals surface area contributed by atoms with E-state index in [1.54, 1.807) is 0 Å². The lowest BCUT2D eigenvalue weighted by atomic mass is 10.0. The molecule has 0 radical (unpaired) electrons. The molecule has 4 rings (SSSR count). The molecule has 0 amide bonds. The van der Waals surface area contributed by atoms with Crippen LogP contribution in [0.1, 0.15) is 31.4 Å². The topological polar surface area (TPSA) is 40.6 Å². The van der Waals surface area contributed by atoms with Crippen molar-refractivity contribution in [3.05, 3.63) is 66.4 Å². The number of rotatable bonds is 9.